The maximum absolute atomic E-state index is 12.0. The fourth-order valence-electron chi connectivity index (χ4n) is 2.19. The molecule has 1 fully saturated rings. The van der Waals surface area contributed by atoms with Crippen LogP contribution in [-0.2, 0) is 9.53 Å². The van der Waals surface area contributed by atoms with Gasteiger partial charge in [-0.1, -0.05) is 18.2 Å². The number of halogens is 1. The van der Waals surface area contributed by atoms with Crippen molar-refractivity contribution in [2.24, 2.45) is 0 Å². The van der Waals surface area contributed by atoms with Crippen LogP contribution in [0.4, 0.5) is 0 Å². The van der Waals surface area contributed by atoms with Gasteiger partial charge in [-0.15, -0.1) is 12.4 Å². The highest BCUT2D eigenvalue weighted by atomic mass is 35.5. The van der Waals surface area contributed by atoms with Crippen molar-refractivity contribution < 1.29 is 14.3 Å². The average Bonchev–Trinajstić information content (AvgIpc) is 2.48. The predicted octanol–water partition coefficient (Wildman–Crippen LogP) is 1.32. The molecule has 0 spiro atoms. The molecule has 6 heteroatoms. The van der Waals surface area contributed by atoms with Crippen LogP contribution in [0.15, 0.2) is 30.3 Å². The molecule has 0 aromatic heterocycles. The first-order valence-electron chi connectivity index (χ1n) is 7.03. The smallest absolute Gasteiger partial charge is 0.248 e. The SMILES string of the molecule is C[C@@H]1CNCCN1C(=O)COCCOc1ccccc1.Cl. The second-order valence-corrected chi connectivity index (χ2v) is 4.85. The van der Waals surface area contributed by atoms with Crippen molar-refractivity contribution in [1.29, 1.82) is 0 Å². The number of rotatable bonds is 6. The van der Waals surface area contributed by atoms with E-state index in [0.29, 0.717) is 13.2 Å². The molecule has 1 aromatic carbocycles. The molecule has 1 aliphatic heterocycles. The van der Waals surface area contributed by atoms with Gasteiger partial charge in [0.25, 0.3) is 0 Å². The van der Waals surface area contributed by atoms with Gasteiger partial charge in [0.2, 0.25) is 5.91 Å². The van der Waals surface area contributed by atoms with Gasteiger partial charge < -0.3 is 19.7 Å². The van der Waals surface area contributed by atoms with E-state index in [4.69, 9.17) is 9.47 Å². The Kier molecular flexibility index (Phi) is 8.12. The van der Waals surface area contributed by atoms with Gasteiger partial charge in [-0.3, -0.25) is 4.79 Å². The van der Waals surface area contributed by atoms with Crippen molar-refractivity contribution in [2.45, 2.75) is 13.0 Å². The van der Waals surface area contributed by atoms with Crippen molar-refractivity contribution in [3.63, 3.8) is 0 Å². The predicted molar refractivity (Wildman–Crippen MR) is 84.0 cm³/mol. The van der Waals surface area contributed by atoms with Gasteiger partial charge in [0.1, 0.15) is 19.0 Å². The normalized spacial score (nSPS) is 18.0. The summed E-state index contributed by atoms with van der Waals surface area (Å²) in [5, 5.41) is 3.26. The molecular formula is C15H23ClN2O3. The fraction of sp³-hybridized carbons (Fsp3) is 0.533. The second kappa shape index (κ2) is 9.60. The third-order valence-corrected chi connectivity index (χ3v) is 3.29. The Labute approximate surface area is 132 Å². The summed E-state index contributed by atoms with van der Waals surface area (Å²) in [5.41, 5.74) is 0. The van der Waals surface area contributed by atoms with E-state index in [1.165, 1.54) is 0 Å². The van der Waals surface area contributed by atoms with Crippen LogP contribution in [0, 0.1) is 0 Å². The highest BCUT2D eigenvalue weighted by molar-refractivity contribution is 5.85. The van der Waals surface area contributed by atoms with Gasteiger partial charge in [0.05, 0.1) is 6.61 Å². The highest BCUT2D eigenvalue weighted by Crippen LogP contribution is 2.07. The van der Waals surface area contributed by atoms with E-state index in [2.05, 4.69) is 5.32 Å². The summed E-state index contributed by atoms with van der Waals surface area (Å²) in [4.78, 5) is 13.8. The van der Waals surface area contributed by atoms with Gasteiger partial charge in [-0.05, 0) is 19.1 Å². The summed E-state index contributed by atoms with van der Waals surface area (Å²) in [5.74, 6) is 0.872. The summed E-state index contributed by atoms with van der Waals surface area (Å²) >= 11 is 0. The maximum atomic E-state index is 12.0. The second-order valence-electron chi connectivity index (χ2n) is 4.85. The van der Waals surface area contributed by atoms with Crippen LogP contribution < -0.4 is 10.1 Å². The molecule has 1 heterocycles. The van der Waals surface area contributed by atoms with Crippen LogP contribution in [0.2, 0.25) is 0 Å². The largest absolute Gasteiger partial charge is 0.491 e. The molecule has 0 unspecified atom stereocenters. The van der Waals surface area contributed by atoms with Crippen molar-refractivity contribution >= 4 is 18.3 Å². The fourth-order valence-corrected chi connectivity index (χ4v) is 2.19. The number of hydrogen-bond acceptors (Lipinski definition) is 4. The first-order valence-corrected chi connectivity index (χ1v) is 7.03. The molecule has 0 bridgehead atoms. The minimum Gasteiger partial charge on any atom is -0.491 e. The van der Waals surface area contributed by atoms with Gasteiger partial charge in [0.15, 0.2) is 0 Å². The lowest BCUT2D eigenvalue weighted by atomic mass is 10.2. The van der Waals surface area contributed by atoms with E-state index >= 15 is 0 Å². The van der Waals surface area contributed by atoms with Gasteiger partial charge >= 0.3 is 0 Å². The summed E-state index contributed by atoms with van der Waals surface area (Å²) in [6, 6.07) is 9.81. The molecule has 118 valence electrons. The van der Waals surface area contributed by atoms with E-state index in [1.807, 2.05) is 42.2 Å². The average molecular weight is 315 g/mol. The topological polar surface area (TPSA) is 50.8 Å². The minimum absolute atomic E-state index is 0. The Morgan fingerprint density at radius 2 is 2.10 bits per heavy atom. The summed E-state index contributed by atoms with van der Waals surface area (Å²) in [6.45, 7) is 5.50. The van der Waals surface area contributed by atoms with E-state index in [-0.39, 0.29) is 31.0 Å². The zero-order valence-electron chi connectivity index (χ0n) is 12.3. The summed E-state index contributed by atoms with van der Waals surface area (Å²) in [7, 11) is 0. The monoisotopic (exact) mass is 314 g/mol. The molecule has 0 aliphatic carbocycles. The Morgan fingerprint density at radius 3 is 2.81 bits per heavy atom. The van der Waals surface area contributed by atoms with Gasteiger partial charge in [-0.2, -0.15) is 0 Å². The third-order valence-electron chi connectivity index (χ3n) is 3.29. The zero-order valence-corrected chi connectivity index (χ0v) is 13.1. The first-order chi connectivity index (χ1) is 9.77. The molecule has 1 atom stereocenters. The van der Waals surface area contributed by atoms with Crippen LogP contribution >= 0.6 is 12.4 Å². The Balaban J connectivity index is 0.00000220. The summed E-state index contributed by atoms with van der Waals surface area (Å²) < 4.78 is 10.9. The number of benzene rings is 1. The van der Waals surface area contributed by atoms with Crippen molar-refractivity contribution in [3.8, 4) is 5.75 Å². The van der Waals surface area contributed by atoms with E-state index < -0.39 is 0 Å². The van der Waals surface area contributed by atoms with Crippen molar-refractivity contribution in [1.82, 2.24) is 10.2 Å². The zero-order chi connectivity index (χ0) is 14.2. The minimum atomic E-state index is 0. The molecule has 21 heavy (non-hydrogen) atoms. The molecule has 1 N–H and O–H groups in total. The number of ether oxygens (including phenoxy) is 2. The molecule has 0 saturated carbocycles. The molecule has 5 nitrogen and oxygen atoms in total. The quantitative estimate of drug-likeness (QED) is 0.805. The Morgan fingerprint density at radius 1 is 1.33 bits per heavy atom. The third kappa shape index (κ3) is 5.91. The molecule has 1 saturated heterocycles. The number of hydrogen-bond donors (Lipinski definition) is 1. The lowest BCUT2D eigenvalue weighted by molar-refractivity contribution is -0.139. The Hall–Kier alpha value is -1.30. The maximum Gasteiger partial charge on any atom is 0.248 e. The molecule has 0 radical (unpaired) electrons. The van der Waals surface area contributed by atoms with Crippen molar-refractivity contribution in [2.75, 3.05) is 39.5 Å². The number of para-hydroxylation sites is 1. The molecule has 1 aromatic rings. The van der Waals surface area contributed by atoms with Crippen LogP contribution in [-0.4, -0.2) is 56.3 Å². The highest BCUT2D eigenvalue weighted by Gasteiger charge is 2.22. The van der Waals surface area contributed by atoms with Crippen LogP contribution in [0.1, 0.15) is 6.92 Å². The van der Waals surface area contributed by atoms with Crippen molar-refractivity contribution in [3.05, 3.63) is 30.3 Å². The van der Waals surface area contributed by atoms with Gasteiger partial charge in [0, 0.05) is 25.7 Å². The lowest BCUT2D eigenvalue weighted by Gasteiger charge is -2.33. The summed E-state index contributed by atoms with van der Waals surface area (Å²) in [6.07, 6.45) is 0. The van der Waals surface area contributed by atoms with Gasteiger partial charge in [-0.25, -0.2) is 0 Å². The number of nitrogens with one attached hydrogen (secondary N) is 1. The van der Waals surface area contributed by atoms with E-state index in [0.717, 1.165) is 25.4 Å². The number of carbonyl (C=O) groups excluding carboxylic acids is 1. The van der Waals surface area contributed by atoms with E-state index in [1.54, 1.807) is 0 Å². The van der Waals surface area contributed by atoms with Crippen LogP contribution in [0.3, 0.4) is 0 Å². The number of amides is 1. The Bertz CT molecular complexity index is 417. The molecule has 2 rings (SSSR count). The lowest BCUT2D eigenvalue weighted by Crippen LogP contribution is -2.53. The molecule has 1 aliphatic rings. The van der Waals surface area contributed by atoms with Crippen LogP contribution in [0.25, 0.3) is 0 Å². The number of piperazine rings is 1. The molecule has 1 amide bonds. The van der Waals surface area contributed by atoms with E-state index in [9.17, 15) is 4.79 Å². The number of carbonyl (C=O) groups is 1. The molecular weight excluding hydrogens is 292 g/mol. The first kappa shape index (κ1) is 17.8. The standard InChI is InChI=1S/C15H22N2O3.ClH/c1-13-11-16-7-8-17(13)15(18)12-19-9-10-20-14-5-3-2-4-6-14;/h2-6,13,16H,7-12H2,1H3;1H/t13-;/m1./s1. The van der Waals surface area contributed by atoms with Crippen LogP contribution in [0.5, 0.6) is 5.75 Å². The number of nitrogens with zero attached hydrogens (tertiary/aromatic N) is 1.